The number of allylic oxidation sites excluding steroid dienone is 3. The number of ether oxygens (including phenoxy) is 2. The van der Waals surface area contributed by atoms with Gasteiger partial charge in [-0.05, 0) is 80.6 Å². The van der Waals surface area contributed by atoms with Crippen LogP contribution in [-0.4, -0.2) is 62.3 Å². The molecule has 5 rings (SSSR count). The summed E-state index contributed by atoms with van der Waals surface area (Å²) in [5.74, 6) is 2.11. The number of benzene rings is 1. The molecule has 0 radical (unpaired) electrons. The van der Waals surface area contributed by atoms with Crippen LogP contribution >= 0.6 is 0 Å². The number of nitrogens with zero attached hydrogens (tertiary/aromatic N) is 2. The lowest BCUT2D eigenvalue weighted by Crippen LogP contribution is -2.36. The molecule has 1 saturated carbocycles. The molecule has 2 aliphatic heterocycles. The van der Waals surface area contributed by atoms with Gasteiger partial charge in [0, 0.05) is 32.2 Å². The maximum absolute atomic E-state index is 6.29. The van der Waals surface area contributed by atoms with E-state index in [4.69, 9.17) is 9.47 Å². The first-order chi connectivity index (χ1) is 15.2. The molecule has 4 aliphatic rings. The maximum atomic E-state index is 6.29. The predicted octanol–water partition coefficient (Wildman–Crippen LogP) is 4.54. The molecule has 4 heteroatoms. The molecule has 1 saturated heterocycles. The molecule has 0 bridgehead atoms. The van der Waals surface area contributed by atoms with Crippen molar-refractivity contribution in [3.8, 4) is 5.75 Å². The quantitative estimate of drug-likeness (QED) is 0.675. The molecular formula is C27H36N2O2. The molecule has 1 aromatic rings. The number of methoxy groups -OCH3 is 1. The Morgan fingerprint density at radius 3 is 2.68 bits per heavy atom. The third kappa shape index (κ3) is 4.97. The molecule has 2 fully saturated rings. The number of piperidine rings is 1. The zero-order chi connectivity index (χ0) is 21.2. The highest BCUT2D eigenvalue weighted by Gasteiger charge is 2.32. The molecule has 0 aromatic heterocycles. The molecule has 4 nitrogen and oxygen atoms in total. The summed E-state index contributed by atoms with van der Waals surface area (Å²) in [6.45, 7) is 5.39. The van der Waals surface area contributed by atoms with Gasteiger partial charge >= 0.3 is 0 Å². The molecule has 2 aliphatic carbocycles. The van der Waals surface area contributed by atoms with E-state index >= 15 is 0 Å². The van der Waals surface area contributed by atoms with Crippen LogP contribution < -0.4 is 4.74 Å². The van der Waals surface area contributed by atoms with Gasteiger partial charge in [-0.2, -0.15) is 0 Å². The summed E-state index contributed by atoms with van der Waals surface area (Å²) in [5, 5.41) is 0. The van der Waals surface area contributed by atoms with E-state index in [-0.39, 0.29) is 6.10 Å². The summed E-state index contributed by atoms with van der Waals surface area (Å²) < 4.78 is 11.8. The van der Waals surface area contributed by atoms with Crippen molar-refractivity contribution >= 4 is 0 Å². The van der Waals surface area contributed by atoms with Gasteiger partial charge in [-0.1, -0.05) is 36.4 Å². The Kier molecular flexibility index (Phi) is 6.31. The van der Waals surface area contributed by atoms with E-state index in [1.165, 1.54) is 55.5 Å². The van der Waals surface area contributed by atoms with Crippen LogP contribution in [0.25, 0.3) is 0 Å². The van der Waals surface area contributed by atoms with Crippen LogP contribution in [0.3, 0.4) is 0 Å². The van der Waals surface area contributed by atoms with E-state index in [0.717, 1.165) is 31.5 Å². The zero-order valence-corrected chi connectivity index (χ0v) is 19.0. The van der Waals surface area contributed by atoms with Gasteiger partial charge < -0.3 is 19.3 Å². The van der Waals surface area contributed by atoms with Crippen LogP contribution in [0.1, 0.15) is 42.7 Å². The van der Waals surface area contributed by atoms with Crippen molar-refractivity contribution in [1.82, 2.24) is 9.80 Å². The topological polar surface area (TPSA) is 24.9 Å². The lowest BCUT2D eigenvalue weighted by Gasteiger charge is -2.34. The summed E-state index contributed by atoms with van der Waals surface area (Å²) in [5.41, 5.74) is 4.17. The molecule has 166 valence electrons. The van der Waals surface area contributed by atoms with Gasteiger partial charge in [-0.3, -0.25) is 0 Å². The minimum atomic E-state index is 0.0569. The van der Waals surface area contributed by atoms with Crippen LogP contribution in [0.15, 0.2) is 54.2 Å². The fourth-order valence-corrected chi connectivity index (χ4v) is 5.33. The summed E-state index contributed by atoms with van der Waals surface area (Å²) in [6.07, 6.45) is 16.3. The van der Waals surface area contributed by atoms with Crippen LogP contribution in [0.2, 0.25) is 0 Å². The lowest BCUT2D eigenvalue weighted by molar-refractivity contribution is 0.136. The van der Waals surface area contributed by atoms with E-state index in [2.05, 4.69) is 65.4 Å². The number of rotatable bonds is 6. The fraction of sp³-hybridized carbons (Fsp3) is 0.556. The first-order valence-electron chi connectivity index (χ1n) is 12.0. The average molecular weight is 421 g/mol. The molecule has 0 N–H and O–H groups in total. The molecule has 2 heterocycles. The first-order valence-corrected chi connectivity index (χ1v) is 12.0. The monoisotopic (exact) mass is 420 g/mol. The smallest absolute Gasteiger partial charge is 0.119 e. The molecule has 2 unspecified atom stereocenters. The number of likely N-dealkylation sites (N-methyl/N-ethyl adjacent to an activating group) is 1. The maximum Gasteiger partial charge on any atom is 0.119 e. The molecule has 0 spiro atoms. The van der Waals surface area contributed by atoms with Gasteiger partial charge in [0.05, 0.1) is 12.7 Å². The third-order valence-electron chi connectivity index (χ3n) is 7.36. The standard InChI is InChI=1S/C27H36N2O2/c1-28-17-22-16-25(31-19-20-12-14-29(15-13-20)23-7-8-23)10-11-26(22)27(18-28)21-4-3-5-24(30-2)9-6-21/h3-6,9-11,16,20,23-24,27H,7-8,12-15,17-19H2,1-2H3. The molecule has 2 atom stereocenters. The van der Waals surface area contributed by atoms with Crippen molar-refractivity contribution in [2.24, 2.45) is 5.92 Å². The normalized spacial score (nSPS) is 27.6. The van der Waals surface area contributed by atoms with Crippen LogP contribution in [0.4, 0.5) is 0 Å². The number of hydrogen-bond donors (Lipinski definition) is 0. The number of likely N-dealkylation sites (tertiary alicyclic amines) is 1. The van der Waals surface area contributed by atoms with Crippen molar-refractivity contribution in [2.75, 3.05) is 40.4 Å². The first kappa shape index (κ1) is 21.0. The van der Waals surface area contributed by atoms with Crippen molar-refractivity contribution in [1.29, 1.82) is 0 Å². The SMILES string of the molecule is COC1C=CC=C(C2CN(C)Cc3cc(OCC4CCN(C5CC5)CC4)ccc32)C=C1. The minimum absolute atomic E-state index is 0.0569. The number of hydrogen-bond acceptors (Lipinski definition) is 4. The second-order valence-electron chi connectivity index (χ2n) is 9.74. The summed E-state index contributed by atoms with van der Waals surface area (Å²) >= 11 is 0. The van der Waals surface area contributed by atoms with Gasteiger partial charge in [-0.15, -0.1) is 0 Å². The highest BCUT2D eigenvalue weighted by atomic mass is 16.5. The van der Waals surface area contributed by atoms with E-state index in [1.54, 1.807) is 7.11 Å². The van der Waals surface area contributed by atoms with Gasteiger partial charge in [0.2, 0.25) is 0 Å². The number of fused-ring (bicyclic) bond motifs is 1. The highest BCUT2D eigenvalue weighted by Crippen LogP contribution is 2.36. The Morgan fingerprint density at radius 1 is 1.06 bits per heavy atom. The minimum Gasteiger partial charge on any atom is -0.493 e. The molecule has 0 amide bonds. The van der Waals surface area contributed by atoms with Crippen LogP contribution in [0.5, 0.6) is 5.75 Å². The summed E-state index contributed by atoms with van der Waals surface area (Å²) in [4.78, 5) is 5.10. The summed E-state index contributed by atoms with van der Waals surface area (Å²) in [6, 6.07) is 7.67. The second-order valence-corrected chi connectivity index (χ2v) is 9.74. The van der Waals surface area contributed by atoms with E-state index in [1.807, 2.05) is 0 Å². The molecule has 1 aromatic carbocycles. The van der Waals surface area contributed by atoms with Gasteiger partial charge in [0.1, 0.15) is 5.75 Å². The van der Waals surface area contributed by atoms with E-state index < -0.39 is 0 Å². The van der Waals surface area contributed by atoms with Crippen molar-refractivity contribution in [3.05, 3.63) is 65.3 Å². The fourth-order valence-electron chi connectivity index (χ4n) is 5.33. The largest absolute Gasteiger partial charge is 0.493 e. The zero-order valence-electron chi connectivity index (χ0n) is 19.0. The second kappa shape index (κ2) is 9.32. The molecule has 31 heavy (non-hydrogen) atoms. The van der Waals surface area contributed by atoms with Crippen molar-refractivity contribution in [3.63, 3.8) is 0 Å². The predicted molar refractivity (Wildman–Crippen MR) is 125 cm³/mol. The van der Waals surface area contributed by atoms with Gasteiger partial charge in [-0.25, -0.2) is 0 Å². The summed E-state index contributed by atoms with van der Waals surface area (Å²) in [7, 11) is 3.97. The molecular weight excluding hydrogens is 384 g/mol. The lowest BCUT2D eigenvalue weighted by atomic mass is 9.84. The Morgan fingerprint density at radius 2 is 1.90 bits per heavy atom. The van der Waals surface area contributed by atoms with E-state index in [0.29, 0.717) is 11.8 Å². The van der Waals surface area contributed by atoms with E-state index in [9.17, 15) is 0 Å². The Bertz CT molecular complexity index is 862. The third-order valence-corrected chi connectivity index (χ3v) is 7.36. The highest BCUT2D eigenvalue weighted by molar-refractivity contribution is 5.47. The van der Waals surface area contributed by atoms with Crippen LogP contribution in [0, 0.1) is 5.92 Å². The van der Waals surface area contributed by atoms with Crippen molar-refractivity contribution in [2.45, 2.75) is 50.3 Å². The Labute approximate surface area is 187 Å². The Hall–Kier alpha value is -1.88. The Balaban J connectivity index is 1.24. The van der Waals surface area contributed by atoms with Crippen molar-refractivity contribution < 1.29 is 9.47 Å². The van der Waals surface area contributed by atoms with Crippen LogP contribution in [-0.2, 0) is 11.3 Å². The van der Waals surface area contributed by atoms with Gasteiger partial charge in [0.25, 0.3) is 0 Å². The average Bonchev–Trinajstić information content (AvgIpc) is 3.64. The van der Waals surface area contributed by atoms with Gasteiger partial charge in [0.15, 0.2) is 0 Å².